The Morgan fingerprint density at radius 1 is 1.43 bits per heavy atom. The monoisotopic (exact) mass is 98.1 g/mol. The number of allylic oxidation sites excluding steroid dienone is 1. The van der Waals surface area contributed by atoms with Crippen LogP contribution in [-0.2, 0) is 0 Å². The molecule has 7 heavy (non-hydrogen) atoms. The van der Waals surface area contributed by atoms with Gasteiger partial charge in [0.1, 0.15) is 0 Å². The van der Waals surface area contributed by atoms with Crippen LogP contribution in [0.3, 0.4) is 0 Å². The van der Waals surface area contributed by atoms with E-state index in [0.717, 1.165) is 13.0 Å². The van der Waals surface area contributed by atoms with E-state index in [1.54, 1.807) is 0 Å². The molecule has 0 unspecified atom stereocenters. The minimum Gasteiger partial charge on any atom is -0.294 e. The Bertz CT molecular complexity index is 48.1. The van der Waals surface area contributed by atoms with Crippen molar-refractivity contribution in [2.24, 2.45) is 0 Å². The molecule has 0 atom stereocenters. The first kappa shape index (κ1) is 6.54. The second-order valence-electron chi connectivity index (χ2n) is 1.29. The zero-order chi connectivity index (χ0) is 5.54. The molecule has 0 heterocycles. The third-order valence-electron chi connectivity index (χ3n) is 0.629. The molecule has 0 aliphatic heterocycles. The number of hydrogen-bond acceptors (Lipinski definition) is 0. The highest BCUT2D eigenvalue weighted by molar-refractivity contribution is 4.75. The molecular weight excluding hydrogens is 86.1 g/mol. The van der Waals surface area contributed by atoms with E-state index in [-0.39, 0.29) is 0 Å². The summed E-state index contributed by atoms with van der Waals surface area (Å²) in [4.78, 5) is 0. The molecular formula is C6H12N. The van der Waals surface area contributed by atoms with Crippen molar-refractivity contribution in [3.8, 4) is 0 Å². The van der Waals surface area contributed by atoms with Gasteiger partial charge in [-0.3, -0.25) is 5.32 Å². The van der Waals surface area contributed by atoms with Crippen molar-refractivity contribution < 1.29 is 0 Å². The molecule has 1 heteroatoms. The van der Waals surface area contributed by atoms with E-state index in [9.17, 15) is 0 Å². The highest BCUT2D eigenvalue weighted by Gasteiger charge is 1.66. The molecule has 0 saturated carbocycles. The van der Waals surface area contributed by atoms with Crippen LogP contribution in [0.2, 0.25) is 0 Å². The van der Waals surface area contributed by atoms with E-state index >= 15 is 0 Å². The van der Waals surface area contributed by atoms with Crippen molar-refractivity contribution in [3.63, 3.8) is 0 Å². The van der Waals surface area contributed by atoms with Gasteiger partial charge in [-0.1, -0.05) is 13.0 Å². The first-order chi connectivity index (χ1) is 3.41. The predicted octanol–water partition coefficient (Wildman–Crippen LogP) is 1.53. The Kier molecular flexibility index (Phi) is 5.18. The van der Waals surface area contributed by atoms with Crippen LogP contribution in [0.25, 0.3) is 0 Å². The average Bonchev–Trinajstić information content (AvgIpc) is 1.69. The number of hydrogen-bond donors (Lipinski definition) is 0. The van der Waals surface area contributed by atoms with Gasteiger partial charge < -0.3 is 0 Å². The predicted molar refractivity (Wildman–Crippen MR) is 32.1 cm³/mol. The standard InChI is InChI=1S/C6H12N/c1-3-5-6-7-4-2/h5-6H,3-4H2,1-2H3/b6-5+. The molecule has 0 fully saturated rings. The second kappa shape index (κ2) is 5.54. The lowest BCUT2D eigenvalue weighted by Gasteiger charge is -1.82. The van der Waals surface area contributed by atoms with Gasteiger partial charge in [-0.2, -0.15) is 0 Å². The summed E-state index contributed by atoms with van der Waals surface area (Å²) < 4.78 is 0. The van der Waals surface area contributed by atoms with E-state index < -0.39 is 0 Å². The normalized spacial score (nSPS) is 10.0. The summed E-state index contributed by atoms with van der Waals surface area (Å²) in [5.41, 5.74) is 0. The summed E-state index contributed by atoms with van der Waals surface area (Å²) >= 11 is 0. The maximum Gasteiger partial charge on any atom is 0.0360 e. The molecule has 1 nitrogen and oxygen atoms in total. The van der Waals surface area contributed by atoms with Crippen molar-refractivity contribution >= 4 is 0 Å². The summed E-state index contributed by atoms with van der Waals surface area (Å²) in [5.74, 6) is 0. The van der Waals surface area contributed by atoms with Gasteiger partial charge in [-0.15, -0.1) is 0 Å². The zero-order valence-corrected chi connectivity index (χ0v) is 5.02. The fourth-order valence-electron chi connectivity index (χ4n) is 0.285. The molecule has 41 valence electrons. The Labute approximate surface area is 45.4 Å². The van der Waals surface area contributed by atoms with Crippen molar-refractivity contribution in [1.29, 1.82) is 0 Å². The van der Waals surface area contributed by atoms with Crippen molar-refractivity contribution in [2.75, 3.05) is 6.54 Å². The quantitative estimate of drug-likeness (QED) is 0.508. The Balaban J connectivity index is 2.78. The Morgan fingerprint density at radius 2 is 2.14 bits per heavy atom. The van der Waals surface area contributed by atoms with Crippen LogP contribution < -0.4 is 5.32 Å². The van der Waals surface area contributed by atoms with E-state index in [1.165, 1.54) is 0 Å². The van der Waals surface area contributed by atoms with E-state index in [0.29, 0.717) is 0 Å². The summed E-state index contributed by atoms with van der Waals surface area (Å²) in [7, 11) is 0. The van der Waals surface area contributed by atoms with Crippen molar-refractivity contribution in [3.05, 3.63) is 12.3 Å². The lowest BCUT2D eigenvalue weighted by Crippen LogP contribution is -1.90. The highest BCUT2D eigenvalue weighted by Crippen LogP contribution is 1.74. The molecule has 0 spiro atoms. The molecule has 0 N–H and O–H groups in total. The highest BCUT2D eigenvalue weighted by atomic mass is 14.8. The average molecular weight is 98.2 g/mol. The fourth-order valence-corrected chi connectivity index (χ4v) is 0.285. The topological polar surface area (TPSA) is 14.1 Å². The van der Waals surface area contributed by atoms with Gasteiger partial charge >= 0.3 is 0 Å². The Morgan fingerprint density at radius 3 is 2.57 bits per heavy atom. The molecule has 0 aromatic carbocycles. The largest absolute Gasteiger partial charge is 0.294 e. The van der Waals surface area contributed by atoms with Crippen LogP contribution in [0.4, 0.5) is 0 Å². The molecule has 0 aliphatic rings. The minimum absolute atomic E-state index is 0.899. The zero-order valence-electron chi connectivity index (χ0n) is 5.02. The minimum atomic E-state index is 0.899. The van der Waals surface area contributed by atoms with Crippen molar-refractivity contribution in [2.45, 2.75) is 20.3 Å². The maximum atomic E-state index is 3.98. The molecule has 0 amide bonds. The van der Waals surface area contributed by atoms with Crippen LogP contribution in [0.1, 0.15) is 20.3 Å². The molecule has 0 aromatic heterocycles. The summed E-state index contributed by atoms with van der Waals surface area (Å²) in [6, 6.07) is 0. The lowest BCUT2D eigenvalue weighted by atomic mass is 10.5. The van der Waals surface area contributed by atoms with E-state index in [4.69, 9.17) is 0 Å². The second-order valence-corrected chi connectivity index (χ2v) is 1.29. The van der Waals surface area contributed by atoms with Gasteiger partial charge in [0.15, 0.2) is 0 Å². The van der Waals surface area contributed by atoms with E-state index in [2.05, 4.69) is 12.2 Å². The van der Waals surface area contributed by atoms with Crippen LogP contribution in [0, 0.1) is 0 Å². The fraction of sp³-hybridized carbons (Fsp3) is 0.667. The van der Waals surface area contributed by atoms with E-state index in [1.807, 2.05) is 19.2 Å². The van der Waals surface area contributed by atoms with Gasteiger partial charge in [-0.05, 0) is 13.3 Å². The molecule has 0 aliphatic carbocycles. The van der Waals surface area contributed by atoms with Crippen LogP contribution >= 0.6 is 0 Å². The Hall–Kier alpha value is -0.460. The van der Waals surface area contributed by atoms with Crippen LogP contribution in [0.15, 0.2) is 12.3 Å². The van der Waals surface area contributed by atoms with Gasteiger partial charge in [-0.25, -0.2) is 0 Å². The van der Waals surface area contributed by atoms with Gasteiger partial charge in [0.25, 0.3) is 0 Å². The molecule has 1 radical (unpaired) electrons. The first-order valence-electron chi connectivity index (χ1n) is 2.73. The number of nitrogens with zero attached hydrogens (tertiary/aromatic N) is 1. The maximum absolute atomic E-state index is 3.98. The number of rotatable bonds is 3. The summed E-state index contributed by atoms with van der Waals surface area (Å²) in [6.07, 6.45) is 4.99. The molecule has 0 bridgehead atoms. The van der Waals surface area contributed by atoms with Gasteiger partial charge in [0.05, 0.1) is 0 Å². The third kappa shape index (κ3) is 5.54. The summed E-state index contributed by atoms with van der Waals surface area (Å²) in [5, 5.41) is 3.98. The molecule has 0 rings (SSSR count). The third-order valence-corrected chi connectivity index (χ3v) is 0.629. The van der Waals surface area contributed by atoms with Crippen LogP contribution in [-0.4, -0.2) is 6.54 Å². The smallest absolute Gasteiger partial charge is 0.0360 e. The first-order valence-corrected chi connectivity index (χ1v) is 2.73. The summed E-state index contributed by atoms with van der Waals surface area (Å²) in [6.45, 7) is 5.03. The molecule has 0 saturated heterocycles. The van der Waals surface area contributed by atoms with Gasteiger partial charge in [0.2, 0.25) is 0 Å². The van der Waals surface area contributed by atoms with Crippen molar-refractivity contribution in [1.82, 2.24) is 5.32 Å². The lowest BCUT2D eigenvalue weighted by molar-refractivity contribution is 0.894. The van der Waals surface area contributed by atoms with Crippen LogP contribution in [0.5, 0.6) is 0 Å². The SMILES string of the molecule is CC/C=C/[N]CC. The molecule has 0 aromatic rings. The van der Waals surface area contributed by atoms with Gasteiger partial charge in [0, 0.05) is 12.7 Å².